The molecule has 0 unspecified atom stereocenters. The molecule has 2 aromatic rings. The lowest BCUT2D eigenvalue weighted by atomic mass is 10.1. The number of fused-ring (bicyclic) bond motifs is 1. The van der Waals surface area contributed by atoms with Crippen molar-refractivity contribution in [1.29, 1.82) is 0 Å². The summed E-state index contributed by atoms with van der Waals surface area (Å²) >= 11 is 0. The maximum atomic E-state index is 13.2. The number of methoxy groups -OCH3 is 1. The Morgan fingerprint density at radius 1 is 1.24 bits per heavy atom. The fourth-order valence-electron chi connectivity index (χ4n) is 3.55. The maximum absolute atomic E-state index is 13.2. The summed E-state index contributed by atoms with van der Waals surface area (Å²) < 4.78 is 13.1. The summed E-state index contributed by atoms with van der Waals surface area (Å²) in [6.07, 6.45) is 1.63. The first-order chi connectivity index (χ1) is 13.8. The maximum Gasteiger partial charge on any atom is 0.331 e. The predicted octanol–water partition coefficient (Wildman–Crippen LogP) is 1.09. The van der Waals surface area contributed by atoms with Crippen LogP contribution in [0.5, 0.6) is 5.75 Å². The average molecular weight is 401 g/mol. The van der Waals surface area contributed by atoms with Crippen molar-refractivity contribution in [3.63, 3.8) is 0 Å². The van der Waals surface area contributed by atoms with Crippen LogP contribution in [0.4, 0.5) is 0 Å². The number of ether oxygens (including phenoxy) is 2. The van der Waals surface area contributed by atoms with Gasteiger partial charge in [0, 0.05) is 53.4 Å². The van der Waals surface area contributed by atoms with Gasteiger partial charge in [-0.25, -0.2) is 4.79 Å². The molecule has 8 nitrogen and oxygen atoms in total. The van der Waals surface area contributed by atoms with E-state index in [4.69, 9.17) is 9.47 Å². The summed E-state index contributed by atoms with van der Waals surface area (Å²) in [6, 6.07) is 7.14. The molecule has 0 radical (unpaired) electrons. The number of aromatic nitrogens is 2. The number of nitrogens with zero attached hydrogens (tertiary/aromatic N) is 3. The summed E-state index contributed by atoms with van der Waals surface area (Å²) in [7, 11) is 4.50. The van der Waals surface area contributed by atoms with Crippen molar-refractivity contribution in [2.75, 3.05) is 20.3 Å². The molecule has 1 aromatic carbocycles. The second-order valence-corrected chi connectivity index (χ2v) is 7.42. The first-order valence-corrected chi connectivity index (χ1v) is 9.65. The van der Waals surface area contributed by atoms with Gasteiger partial charge in [-0.2, -0.15) is 0 Å². The van der Waals surface area contributed by atoms with Crippen LogP contribution in [0.25, 0.3) is 0 Å². The Morgan fingerprint density at radius 3 is 2.72 bits per heavy atom. The standard InChI is InChI=1S/C21H27N3O5/c1-14-10-16-11-15(6-7-18(16)29-14)13-24(8-5-9-28-4)20(26)17-12-19(25)23(3)21(27)22(17)2/h6-7,11-12,14H,5,8-10,13H2,1-4H3/t14-/m0/s1. The van der Waals surface area contributed by atoms with Crippen LogP contribution in [0.1, 0.15) is 35.0 Å². The van der Waals surface area contributed by atoms with Crippen LogP contribution in [-0.4, -0.2) is 46.3 Å². The lowest BCUT2D eigenvalue weighted by molar-refractivity contribution is 0.0711. The number of rotatable bonds is 7. The smallest absolute Gasteiger partial charge is 0.331 e. The van der Waals surface area contributed by atoms with Crippen LogP contribution < -0.4 is 16.0 Å². The van der Waals surface area contributed by atoms with Gasteiger partial charge in [-0.3, -0.25) is 18.7 Å². The largest absolute Gasteiger partial charge is 0.490 e. The van der Waals surface area contributed by atoms with Gasteiger partial charge >= 0.3 is 5.69 Å². The molecule has 29 heavy (non-hydrogen) atoms. The molecule has 0 saturated heterocycles. The van der Waals surface area contributed by atoms with Crippen molar-refractivity contribution < 1.29 is 14.3 Å². The number of carbonyl (C=O) groups is 1. The molecule has 0 saturated carbocycles. The molecular formula is C21H27N3O5. The normalized spacial score (nSPS) is 15.1. The van der Waals surface area contributed by atoms with Crippen LogP contribution in [0, 0.1) is 0 Å². The Bertz CT molecular complexity index is 1020. The van der Waals surface area contributed by atoms with Gasteiger partial charge in [-0.1, -0.05) is 12.1 Å². The van der Waals surface area contributed by atoms with Crippen LogP contribution in [0.2, 0.25) is 0 Å². The first kappa shape index (κ1) is 20.9. The third-order valence-corrected chi connectivity index (χ3v) is 5.14. The zero-order valence-corrected chi connectivity index (χ0v) is 17.3. The van der Waals surface area contributed by atoms with E-state index in [1.165, 1.54) is 24.7 Å². The molecule has 1 aliphatic heterocycles. The lowest BCUT2D eigenvalue weighted by Crippen LogP contribution is -2.42. The van der Waals surface area contributed by atoms with Gasteiger partial charge in [-0.05, 0) is 30.5 Å². The van der Waals surface area contributed by atoms with E-state index >= 15 is 0 Å². The summed E-state index contributed by atoms with van der Waals surface area (Å²) in [5, 5.41) is 0. The van der Waals surface area contributed by atoms with Crippen molar-refractivity contribution in [3.8, 4) is 5.75 Å². The Hall–Kier alpha value is -2.87. The highest BCUT2D eigenvalue weighted by Gasteiger charge is 2.23. The number of carbonyl (C=O) groups excluding carboxylic acids is 1. The van der Waals surface area contributed by atoms with Crippen molar-refractivity contribution in [2.45, 2.75) is 32.4 Å². The van der Waals surface area contributed by atoms with Gasteiger partial charge in [0.25, 0.3) is 11.5 Å². The molecule has 0 N–H and O–H groups in total. The Balaban J connectivity index is 1.90. The molecule has 0 fully saturated rings. The van der Waals surface area contributed by atoms with Crippen molar-refractivity contribution in [3.05, 3.63) is 61.9 Å². The topological polar surface area (TPSA) is 82.8 Å². The van der Waals surface area contributed by atoms with Gasteiger partial charge in [0.2, 0.25) is 0 Å². The van der Waals surface area contributed by atoms with Crippen molar-refractivity contribution >= 4 is 5.91 Å². The van der Waals surface area contributed by atoms with E-state index in [0.29, 0.717) is 26.1 Å². The molecule has 1 amide bonds. The van der Waals surface area contributed by atoms with Crippen molar-refractivity contribution in [2.24, 2.45) is 14.1 Å². The van der Waals surface area contributed by atoms with Crippen LogP contribution in [0.3, 0.4) is 0 Å². The molecule has 1 aromatic heterocycles. The SMILES string of the molecule is COCCCN(Cc1ccc2c(c1)C[C@H](C)O2)C(=O)c1cc(=O)n(C)c(=O)n1C. The van der Waals surface area contributed by atoms with E-state index in [1.54, 1.807) is 12.0 Å². The highest BCUT2D eigenvalue weighted by Crippen LogP contribution is 2.29. The van der Waals surface area contributed by atoms with Gasteiger partial charge in [-0.15, -0.1) is 0 Å². The summed E-state index contributed by atoms with van der Waals surface area (Å²) in [5.74, 6) is 0.524. The molecule has 1 atom stereocenters. The minimum absolute atomic E-state index is 0.0774. The predicted molar refractivity (Wildman–Crippen MR) is 108 cm³/mol. The first-order valence-electron chi connectivity index (χ1n) is 9.65. The van der Waals surface area contributed by atoms with E-state index in [1.807, 2.05) is 19.1 Å². The zero-order chi connectivity index (χ0) is 21.1. The molecule has 156 valence electrons. The molecule has 3 rings (SSSR count). The average Bonchev–Trinajstić information content (AvgIpc) is 3.07. The Kier molecular flexibility index (Phi) is 6.22. The van der Waals surface area contributed by atoms with Crippen LogP contribution >= 0.6 is 0 Å². The fourth-order valence-corrected chi connectivity index (χ4v) is 3.55. The Morgan fingerprint density at radius 2 is 2.00 bits per heavy atom. The fraction of sp³-hybridized carbons (Fsp3) is 0.476. The molecule has 0 spiro atoms. The van der Waals surface area contributed by atoms with E-state index in [2.05, 4.69) is 6.07 Å². The van der Waals surface area contributed by atoms with Gasteiger partial charge in [0.1, 0.15) is 17.5 Å². The highest BCUT2D eigenvalue weighted by molar-refractivity contribution is 5.92. The number of amides is 1. The minimum Gasteiger partial charge on any atom is -0.490 e. The summed E-state index contributed by atoms with van der Waals surface area (Å²) in [6.45, 7) is 3.35. The van der Waals surface area contributed by atoms with Gasteiger partial charge in [0.15, 0.2) is 0 Å². The van der Waals surface area contributed by atoms with Crippen LogP contribution in [0.15, 0.2) is 33.9 Å². The molecule has 0 bridgehead atoms. The summed E-state index contributed by atoms with van der Waals surface area (Å²) in [5.41, 5.74) is 1.15. The van der Waals surface area contributed by atoms with E-state index < -0.39 is 11.2 Å². The second-order valence-electron chi connectivity index (χ2n) is 7.42. The van der Waals surface area contributed by atoms with Crippen LogP contribution in [-0.2, 0) is 31.8 Å². The third-order valence-electron chi connectivity index (χ3n) is 5.14. The highest BCUT2D eigenvalue weighted by atomic mass is 16.5. The molecule has 0 aliphatic carbocycles. The van der Waals surface area contributed by atoms with E-state index in [9.17, 15) is 14.4 Å². The molecular weight excluding hydrogens is 374 g/mol. The molecule has 2 heterocycles. The van der Waals surface area contributed by atoms with Gasteiger partial charge < -0.3 is 14.4 Å². The number of hydrogen-bond donors (Lipinski definition) is 0. The third kappa shape index (κ3) is 4.42. The Labute approximate surface area is 169 Å². The summed E-state index contributed by atoms with van der Waals surface area (Å²) in [4.78, 5) is 39.2. The second kappa shape index (κ2) is 8.65. The zero-order valence-electron chi connectivity index (χ0n) is 17.3. The lowest BCUT2D eigenvalue weighted by Gasteiger charge is -2.24. The number of benzene rings is 1. The van der Waals surface area contributed by atoms with Crippen molar-refractivity contribution in [1.82, 2.24) is 14.0 Å². The quantitative estimate of drug-likeness (QED) is 0.649. The minimum atomic E-state index is -0.527. The molecule has 8 heteroatoms. The monoisotopic (exact) mass is 401 g/mol. The van der Waals surface area contributed by atoms with Gasteiger partial charge in [0.05, 0.1) is 0 Å². The van der Waals surface area contributed by atoms with E-state index in [-0.39, 0.29) is 17.7 Å². The van der Waals surface area contributed by atoms with E-state index in [0.717, 1.165) is 27.9 Å². The number of hydrogen-bond acceptors (Lipinski definition) is 5. The molecule has 1 aliphatic rings.